The standard InChI is InChI=1S/C15H25N3/c1-18(12-14-6-10-17-11-7-14)15(13-16)8-4-2-3-5-9-15/h6-7,10-11H,2-5,8-9,12-13,16H2,1H3. The normalized spacial score (nSPS) is 19.7. The highest BCUT2D eigenvalue weighted by Crippen LogP contribution is 2.31. The minimum Gasteiger partial charge on any atom is -0.329 e. The van der Waals surface area contributed by atoms with E-state index in [1.54, 1.807) is 0 Å². The van der Waals surface area contributed by atoms with Crippen LogP contribution in [0, 0.1) is 0 Å². The number of likely N-dealkylation sites (N-methyl/N-ethyl adjacent to an activating group) is 1. The molecule has 1 heterocycles. The topological polar surface area (TPSA) is 42.2 Å². The van der Waals surface area contributed by atoms with Crippen molar-refractivity contribution in [3.63, 3.8) is 0 Å². The third-order valence-corrected chi connectivity index (χ3v) is 4.39. The van der Waals surface area contributed by atoms with Crippen molar-refractivity contribution in [2.75, 3.05) is 13.6 Å². The lowest BCUT2D eigenvalue weighted by Crippen LogP contribution is -2.51. The van der Waals surface area contributed by atoms with Gasteiger partial charge in [-0.05, 0) is 37.6 Å². The van der Waals surface area contributed by atoms with Crippen LogP contribution < -0.4 is 5.73 Å². The molecule has 0 bridgehead atoms. The predicted octanol–water partition coefficient (Wildman–Crippen LogP) is 2.57. The lowest BCUT2D eigenvalue weighted by molar-refractivity contribution is 0.0997. The fourth-order valence-electron chi connectivity index (χ4n) is 3.06. The molecule has 1 aliphatic rings. The van der Waals surface area contributed by atoms with Crippen LogP contribution >= 0.6 is 0 Å². The van der Waals surface area contributed by atoms with Gasteiger partial charge in [0.15, 0.2) is 0 Å². The lowest BCUT2D eigenvalue weighted by atomic mass is 9.88. The summed E-state index contributed by atoms with van der Waals surface area (Å²) in [6, 6.07) is 4.19. The Morgan fingerprint density at radius 2 is 1.78 bits per heavy atom. The summed E-state index contributed by atoms with van der Waals surface area (Å²) >= 11 is 0. The van der Waals surface area contributed by atoms with E-state index in [1.165, 1.54) is 44.1 Å². The van der Waals surface area contributed by atoms with E-state index in [0.717, 1.165) is 13.1 Å². The Balaban J connectivity index is 2.06. The largest absolute Gasteiger partial charge is 0.329 e. The molecule has 1 aromatic heterocycles. The zero-order valence-corrected chi connectivity index (χ0v) is 11.4. The minimum absolute atomic E-state index is 0.208. The number of nitrogens with two attached hydrogens (primary N) is 1. The van der Waals surface area contributed by atoms with Gasteiger partial charge in [0, 0.05) is 31.0 Å². The second kappa shape index (κ2) is 6.30. The molecule has 0 radical (unpaired) electrons. The smallest absolute Gasteiger partial charge is 0.0332 e. The van der Waals surface area contributed by atoms with Crippen LogP contribution in [0.2, 0.25) is 0 Å². The zero-order valence-electron chi connectivity index (χ0n) is 11.4. The quantitative estimate of drug-likeness (QED) is 0.831. The zero-order chi connectivity index (χ0) is 12.8. The molecular weight excluding hydrogens is 222 g/mol. The SMILES string of the molecule is CN(Cc1ccncc1)C1(CN)CCCCCC1. The summed E-state index contributed by atoms with van der Waals surface area (Å²) in [5, 5.41) is 0. The maximum absolute atomic E-state index is 6.11. The van der Waals surface area contributed by atoms with Crippen LogP contribution in [0.25, 0.3) is 0 Å². The average Bonchev–Trinajstić information content (AvgIpc) is 2.66. The minimum atomic E-state index is 0.208. The first-order valence-electron chi connectivity index (χ1n) is 7.07. The lowest BCUT2D eigenvalue weighted by Gasteiger charge is -2.41. The van der Waals surface area contributed by atoms with Crippen LogP contribution in [-0.2, 0) is 6.54 Å². The van der Waals surface area contributed by atoms with Crippen molar-refractivity contribution in [3.05, 3.63) is 30.1 Å². The fraction of sp³-hybridized carbons (Fsp3) is 0.667. The second-order valence-electron chi connectivity index (χ2n) is 5.55. The molecule has 0 spiro atoms. The van der Waals surface area contributed by atoms with Gasteiger partial charge in [-0.2, -0.15) is 0 Å². The summed E-state index contributed by atoms with van der Waals surface area (Å²) in [4.78, 5) is 6.54. The molecule has 0 unspecified atom stereocenters. The Hall–Kier alpha value is -0.930. The third-order valence-electron chi connectivity index (χ3n) is 4.39. The van der Waals surface area contributed by atoms with Crippen LogP contribution in [0.5, 0.6) is 0 Å². The van der Waals surface area contributed by atoms with E-state index in [-0.39, 0.29) is 5.54 Å². The van der Waals surface area contributed by atoms with Crippen LogP contribution in [0.3, 0.4) is 0 Å². The van der Waals surface area contributed by atoms with Crippen molar-refractivity contribution in [1.29, 1.82) is 0 Å². The second-order valence-corrected chi connectivity index (χ2v) is 5.55. The predicted molar refractivity (Wildman–Crippen MR) is 75.2 cm³/mol. The molecule has 3 nitrogen and oxygen atoms in total. The molecule has 2 rings (SSSR count). The number of pyridine rings is 1. The van der Waals surface area contributed by atoms with Gasteiger partial charge in [0.05, 0.1) is 0 Å². The first-order valence-corrected chi connectivity index (χ1v) is 7.07. The van der Waals surface area contributed by atoms with E-state index in [4.69, 9.17) is 5.73 Å². The van der Waals surface area contributed by atoms with Gasteiger partial charge < -0.3 is 5.73 Å². The van der Waals surface area contributed by atoms with E-state index in [2.05, 4.69) is 29.1 Å². The molecule has 3 heteroatoms. The molecule has 1 aliphatic carbocycles. The Bertz CT molecular complexity index is 342. The number of hydrogen-bond donors (Lipinski definition) is 1. The molecule has 0 amide bonds. The highest BCUT2D eigenvalue weighted by Gasteiger charge is 2.33. The highest BCUT2D eigenvalue weighted by molar-refractivity contribution is 5.10. The first kappa shape index (κ1) is 13.5. The van der Waals surface area contributed by atoms with Crippen LogP contribution in [0.4, 0.5) is 0 Å². The average molecular weight is 247 g/mol. The summed E-state index contributed by atoms with van der Waals surface area (Å²) in [5.74, 6) is 0. The number of aromatic nitrogens is 1. The van der Waals surface area contributed by atoms with Crippen molar-refractivity contribution >= 4 is 0 Å². The highest BCUT2D eigenvalue weighted by atomic mass is 15.2. The van der Waals surface area contributed by atoms with Gasteiger partial charge >= 0.3 is 0 Å². The van der Waals surface area contributed by atoms with Gasteiger partial charge in [-0.3, -0.25) is 9.88 Å². The fourth-order valence-corrected chi connectivity index (χ4v) is 3.06. The van der Waals surface area contributed by atoms with Crippen LogP contribution in [0.1, 0.15) is 44.1 Å². The molecule has 1 aromatic rings. The number of nitrogens with zero attached hydrogens (tertiary/aromatic N) is 2. The van der Waals surface area contributed by atoms with Crippen LogP contribution in [0.15, 0.2) is 24.5 Å². The summed E-state index contributed by atoms with van der Waals surface area (Å²) in [5.41, 5.74) is 7.64. The van der Waals surface area contributed by atoms with E-state index in [0.29, 0.717) is 0 Å². The molecule has 0 atom stereocenters. The molecule has 18 heavy (non-hydrogen) atoms. The van der Waals surface area contributed by atoms with Gasteiger partial charge in [0.1, 0.15) is 0 Å². The van der Waals surface area contributed by atoms with Gasteiger partial charge in [0.2, 0.25) is 0 Å². The van der Waals surface area contributed by atoms with Crippen LogP contribution in [-0.4, -0.2) is 29.0 Å². The van der Waals surface area contributed by atoms with Crippen molar-refractivity contribution in [3.8, 4) is 0 Å². The molecule has 1 fully saturated rings. The maximum atomic E-state index is 6.11. The van der Waals surface area contributed by atoms with Crippen molar-refractivity contribution < 1.29 is 0 Å². The molecular formula is C15H25N3. The Labute approximate surface area is 110 Å². The molecule has 1 saturated carbocycles. The third kappa shape index (κ3) is 3.09. The summed E-state index contributed by atoms with van der Waals surface area (Å²) in [6.07, 6.45) is 11.6. The molecule has 2 N–H and O–H groups in total. The van der Waals surface area contributed by atoms with Gasteiger partial charge in [-0.1, -0.05) is 25.7 Å². The number of hydrogen-bond acceptors (Lipinski definition) is 3. The maximum Gasteiger partial charge on any atom is 0.0332 e. The molecule has 0 aromatic carbocycles. The Morgan fingerprint density at radius 3 is 2.33 bits per heavy atom. The van der Waals surface area contributed by atoms with Gasteiger partial charge in [0.25, 0.3) is 0 Å². The first-order chi connectivity index (χ1) is 8.77. The Morgan fingerprint density at radius 1 is 1.17 bits per heavy atom. The summed E-state index contributed by atoms with van der Waals surface area (Å²) in [6.45, 7) is 1.74. The molecule has 0 saturated heterocycles. The molecule has 100 valence electrons. The van der Waals surface area contributed by atoms with E-state index in [1.807, 2.05) is 12.4 Å². The van der Waals surface area contributed by atoms with Crippen molar-refractivity contribution in [2.24, 2.45) is 5.73 Å². The van der Waals surface area contributed by atoms with Crippen molar-refractivity contribution in [2.45, 2.75) is 50.6 Å². The number of rotatable bonds is 4. The molecule has 0 aliphatic heterocycles. The van der Waals surface area contributed by atoms with Crippen molar-refractivity contribution in [1.82, 2.24) is 9.88 Å². The van der Waals surface area contributed by atoms with E-state index >= 15 is 0 Å². The monoisotopic (exact) mass is 247 g/mol. The van der Waals surface area contributed by atoms with E-state index in [9.17, 15) is 0 Å². The van der Waals surface area contributed by atoms with Gasteiger partial charge in [-0.15, -0.1) is 0 Å². The van der Waals surface area contributed by atoms with Gasteiger partial charge in [-0.25, -0.2) is 0 Å². The van der Waals surface area contributed by atoms with E-state index < -0.39 is 0 Å². The summed E-state index contributed by atoms with van der Waals surface area (Å²) < 4.78 is 0. The summed E-state index contributed by atoms with van der Waals surface area (Å²) in [7, 11) is 2.22. The Kier molecular flexibility index (Phi) is 4.72.